The first kappa shape index (κ1) is 62.0. The van der Waals surface area contributed by atoms with Crippen molar-refractivity contribution < 1.29 is 33.3 Å². The second kappa shape index (κ2) is 46.1. The summed E-state index contributed by atoms with van der Waals surface area (Å²) in [4.78, 5) is 39.9. The van der Waals surface area contributed by atoms with Crippen molar-refractivity contribution in [1.82, 2.24) is 10.2 Å². The van der Waals surface area contributed by atoms with Gasteiger partial charge in [-0.05, 0) is 111 Å². The summed E-state index contributed by atoms with van der Waals surface area (Å²) in [6.07, 6.45) is 41.0. The first-order valence-corrected chi connectivity index (χ1v) is 27.7. The van der Waals surface area contributed by atoms with Crippen LogP contribution in [0.1, 0.15) is 280 Å². The van der Waals surface area contributed by atoms with Crippen LogP contribution in [-0.2, 0) is 23.7 Å². The number of rotatable bonds is 47. The van der Waals surface area contributed by atoms with Gasteiger partial charge in [-0.25, -0.2) is 9.59 Å². The second-order valence-electron chi connectivity index (χ2n) is 20.1. The summed E-state index contributed by atoms with van der Waals surface area (Å²) < 4.78 is 22.4. The van der Waals surface area contributed by atoms with E-state index in [-0.39, 0.29) is 18.2 Å². The standard InChI is InChI=1S/C55H108N2O7/c1-8-12-16-20-23-31-40-51(41-32-24-21-17-13-9-2)63-52(58)42-33-25-22-26-34-45-57(47-37-44-56-53(59)64-55(5,6)7)46-35-27-28-36-48-61-54(60)62-49-43-50(38-29-18-14-10-3)39-30-19-15-11-4/h50-51H,8-49H2,1-7H3,(H,56,59). The minimum atomic E-state index is -0.520. The van der Waals surface area contributed by atoms with Crippen LogP contribution in [0.3, 0.4) is 0 Å². The lowest BCUT2D eigenvalue weighted by molar-refractivity contribution is -0.150. The van der Waals surface area contributed by atoms with Crippen molar-refractivity contribution in [2.45, 2.75) is 291 Å². The molecule has 0 rings (SSSR count). The third-order valence-corrected chi connectivity index (χ3v) is 12.5. The van der Waals surface area contributed by atoms with E-state index < -0.39 is 11.8 Å². The third-order valence-electron chi connectivity index (χ3n) is 12.5. The Morgan fingerprint density at radius 1 is 0.469 bits per heavy atom. The zero-order valence-corrected chi connectivity index (χ0v) is 43.7. The van der Waals surface area contributed by atoms with Crippen LogP contribution < -0.4 is 5.32 Å². The molecule has 64 heavy (non-hydrogen) atoms. The molecule has 0 heterocycles. The number of hydrogen-bond acceptors (Lipinski definition) is 8. The smallest absolute Gasteiger partial charge is 0.462 e. The van der Waals surface area contributed by atoms with Gasteiger partial charge in [0.15, 0.2) is 0 Å². The summed E-state index contributed by atoms with van der Waals surface area (Å²) in [6.45, 7) is 19.1. The molecule has 0 bridgehead atoms. The molecule has 0 saturated heterocycles. The number of nitrogens with one attached hydrogen (secondary N) is 1. The highest BCUT2D eigenvalue weighted by molar-refractivity contribution is 5.69. The van der Waals surface area contributed by atoms with Gasteiger partial charge in [0.25, 0.3) is 0 Å². The van der Waals surface area contributed by atoms with Crippen LogP contribution in [0.15, 0.2) is 0 Å². The SMILES string of the molecule is CCCCCCCCC(CCCCCCCC)OC(=O)CCCCCCCN(CCCCCCOC(=O)OCCC(CCCCCC)CCCCCC)CCCNC(=O)OC(C)(C)C. The van der Waals surface area contributed by atoms with Gasteiger partial charge in [-0.3, -0.25) is 4.79 Å². The Balaban J connectivity index is 4.60. The van der Waals surface area contributed by atoms with Gasteiger partial charge < -0.3 is 29.2 Å². The van der Waals surface area contributed by atoms with Gasteiger partial charge in [-0.15, -0.1) is 0 Å². The van der Waals surface area contributed by atoms with Crippen LogP contribution in [0.4, 0.5) is 9.59 Å². The number of nitrogens with zero attached hydrogens (tertiary/aromatic N) is 1. The van der Waals surface area contributed by atoms with Gasteiger partial charge in [-0.2, -0.15) is 0 Å². The Labute approximate surface area is 397 Å². The fourth-order valence-electron chi connectivity index (χ4n) is 8.54. The predicted octanol–water partition coefficient (Wildman–Crippen LogP) is 16.6. The van der Waals surface area contributed by atoms with Crippen molar-refractivity contribution in [1.29, 1.82) is 0 Å². The molecule has 380 valence electrons. The Morgan fingerprint density at radius 2 is 0.891 bits per heavy atom. The summed E-state index contributed by atoms with van der Waals surface area (Å²) in [6, 6.07) is 0. The third kappa shape index (κ3) is 45.1. The molecule has 0 saturated carbocycles. The maximum atomic E-state index is 12.9. The lowest BCUT2D eigenvalue weighted by Crippen LogP contribution is -2.35. The van der Waals surface area contributed by atoms with Gasteiger partial charge in [-0.1, -0.05) is 188 Å². The van der Waals surface area contributed by atoms with E-state index in [1.807, 2.05) is 20.8 Å². The highest BCUT2D eigenvalue weighted by atomic mass is 16.7. The number of unbranched alkanes of at least 4 members (excludes halogenated alkanes) is 23. The monoisotopic (exact) mass is 909 g/mol. The summed E-state index contributed by atoms with van der Waals surface area (Å²) in [5, 5.41) is 2.91. The van der Waals surface area contributed by atoms with Crippen molar-refractivity contribution in [3.05, 3.63) is 0 Å². The number of carbonyl (C=O) groups excluding carboxylic acids is 3. The average Bonchev–Trinajstić information content (AvgIpc) is 3.25. The van der Waals surface area contributed by atoms with E-state index in [0.29, 0.717) is 32.1 Å². The molecule has 1 amide bonds. The van der Waals surface area contributed by atoms with E-state index in [1.165, 1.54) is 141 Å². The van der Waals surface area contributed by atoms with Gasteiger partial charge in [0, 0.05) is 13.0 Å². The van der Waals surface area contributed by atoms with Gasteiger partial charge >= 0.3 is 18.2 Å². The fourth-order valence-corrected chi connectivity index (χ4v) is 8.54. The van der Waals surface area contributed by atoms with Gasteiger partial charge in [0.1, 0.15) is 11.7 Å². The quantitative estimate of drug-likeness (QED) is 0.0366. The summed E-state index contributed by atoms with van der Waals surface area (Å²) >= 11 is 0. The van der Waals surface area contributed by atoms with Crippen LogP contribution in [0.25, 0.3) is 0 Å². The number of alkyl carbamates (subject to hydrolysis) is 1. The minimum Gasteiger partial charge on any atom is -0.462 e. The maximum Gasteiger partial charge on any atom is 0.508 e. The maximum absolute atomic E-state index is 12.9. The molecule has 9 heteroatoms. The molecule has 0 unspecified atom stereocenters. The molecular formula is C55H108N2O7. The van der Waals surface area contributed by atoms with Crippen molar-refractivity contribution in [2.75, 3.05) is 39.4 Å². The van der Waals surface area contributed by atoms with Crippen LogP contribution in [0, 0.1) is 5.92 Å². The molecule has 9 nitrogen and oxygen atoms in total. The van der Waals surface area contributed by atoms with Gasteiger partial charge in [0.05, 0.1) is 13.2 Å². The van der Waals surface area contributed by atoms with Crippen LogP contribution >= 0.6 is 0 Å². The van der Waals surface area contributed by atoms with E-state index >= 15 is 0 Å². The largest absolute Gasteiger partial charge is 0.508 e. The lowest BCUT2D eigenvalue weighted by Gasteiger charge is -2.23. The highest BCUT2D eigenvalue weighted by Gasteiger charge is 2.17. The topological polar surface area (TPSA) is 103 Å². The summed E-state index contributed by atoms with van der Waals surface area (Å²) in [7, 11) is 0. The van der Waals surface area contributed by atoms with E-state index in [9.17, 15) is 14.4 Å². The first-order valence-electron chi connectivity index (χ1n) is 27.7. The highest BCUT2D eigenvalue weighted by Crippen LogP contribution is 2.22. The predicted molar refractivity (Wildman–Crippen MR) is 270 cm³/mol. The molecule has 0 aromatic rings. The van der Waals surface area contributed by atoms with Gasteiger partial charge in [0.2, 0.25) is 0 Å². The van der Waals surface area contributed by atoms with Crippen molar-refractivity contribution in [3.63, 3.8) is 0 Å². The number of hydrogen-bond donors (Lipinski definition) is 1. The van der Waals surface area contributed by atoms with Crippen LogP contribution in [0.5, 0.6) is 0 Å². The molecule has 0 radical (unpaired) electrons. The fraction of sp³-hybridized carbons (Fsp3) is 0.945. The second-order valence-corrected chi connectivity index (χ2v) is 20.1. The minimum absolute atomic E-state index is 0.0000709. The zero-order chi connectivity index (χ0) is 47.2. The number of ether oxygens (including phenoxy) is 4. The Bertz CT molecular complexity index is 1010. The Kier molecular flexibility index (Phi) is 44.6. The van der Waals surface area contributed by atoms with E-state index in [4.69, 9.17) is 18.9 Å². The molecular weight excluding hydrogens is 801 g/mol. The molecule has 0 aliphatic carbocycles. The molecule has 0 atom stereocenters. The summed E-state index contributed by atoms with van der Waals surface area (Å²) in [5.74, 6) is 0.640. The number of amides is 1. The van der Waals surface area contributed by atoms with Crippen LogP contribution in [0.2, 0.25) is 0 Å². The molecule has 0 aromatic carbocycles. The zero-order valence-electron chi connectivity index (χ0n) is 43.7. The van der Waals surface area contributed by atoms with E-state index in [2.05, 4.69) is 37.9 Å². The normalized spacial score (nSPS) is 11.8. The Morgan fingerprint density at radius 3 is 1.42 bits per heavy atom. The van der Waals surface area contributed by atoms with Crippen molar-refractivity contribution >= 4 is 18.2 Å². The summed E-state index contributed by atoms with van der Waals surface area (Å²) in [5.41, 5.74) is -0.505. The van der Waals surface area contributed by atoms with E-state index in [0.717, 1.165) is 103 Å². The molecule has 0 aliphatic heterocycles. The lowest BCUT2D eigenvalue weighted by atomic mass is 9.92. The first-order chi connectivity index (χ1) is 31.0. The molecule has 0 spiro atoms. The van der Waals surface area contributed by atoms with Crippen molar-refractivity contribution in [2.24, 2.45) is 5.92 Å². The average molecular weight is 909 g/mol. The Hall–Kier alpha value is -2.03. The molecule has 0 aromatic heterocycles. The number of carbonyl (C=O) groups is 3. The van der Waals surface area contributed by atoms with E-state index in [1.54, 1.807) is 0 Å². The molecule has 1 N–H and O–H groups in total. The number of esters is 1. The molecule has 0 aliphatic rings. The molecule has 0 fully saturated rings. The van der Waals surface area contributed by atoms with Crippen molar-refractivity contribution in [3.8, 4) is 0 Å². The van der Waals surface area contributed by atoms with Crippen LogP contribution in [-0.4, -0.2) is 74.2 Å².